The lowest BCUT2D eigenvalue weighted by molar-refractivity contribution is -0.142. The molecular formula is C13H11F4NO3. The SMILES string of the molecule is CCOC(=O)Cc1ccc(C(F)F)c(OC(F)F)c1C#N. The largest absolute Gasteiger partial charge is 0.466 e. The molecule has 0 fully saturated rings. The summed E-state index contributed by atoms with van der Waals surface area (Å²) in [6, 6.07) is 3.45. The van der Waals surface area contributed by atoms with Gasteiger partial charge in [-0.1, -0.05) is 6.07 Å². The first-order valence-electron chi connectivity index (χ1n) is 5.85. The maximum atomic E-state index is 12.8. The highest BCUT2D eigenvalue weighted by molar-refractivity contribution is 5.74. The minimum atomic E-state index is -3.37. The van der Waals surface area contributed by atoms with Crippen molar-refractivity contribution in [3.8, 4) is 11.8 Å². The van der Waals surface area contributed by atoms with E-state index in [1.165, 1.54) is 6.07 Å². The number of carbonyl (C=O) groups excluding carboxylic acids is 1. The molecule has 0 aromatic heterocycles. The maximum Gasteiger partial charge on any atom is 0.387 e. The molecule has 114 valence electrons. The van der Waals surface area contributed by atoms with Gasteiger partial charge in [0.05, 0.1) is 24.2 Å². The highest BCUT2D eigenvalue weighted by Gasteiger charge is 2.24. The van der Waals surface area contributed by atoms with Gasteiger partial charge < -0.3 is 9.47 Å². The van der Waals surface area contributed by atoms with Gasteiger partial charge in [-0.25, -0.2) is 8.78 Å². The molecule has 0 aliphatic heterocycles. The molecule has 0 aliphatic rings. The van der Waals surface area contributed by atoms with Gasteiger partial charge >= 0.3 is 12.6 Å². The van der Waals surface area contributed by atoms with E-state index >= 15 is 0 Å². The summed E-state index contributed by atoms with van der Waals surface area (Å²) in [5, 5.41) is 8.99. The molecule has 0 spiro atoms. The van der Waals surface area contributed by atoms with Crippen LogP contribution in [-0.2, 0) is 16.0 Å². The summed E-state index contributed by atoms with van der Waals surface area (Å²) in [4.78, 5) is 11.4. The molecule has 0 saturated carbocycles. The van der Waals surface area contributed by atoms with Crippen molar-refractivity contribution in [3.63, 3.8) is 0 Å². The lowest BCUT2D eigenvalue weighted by atomic mass is 10.0. The summed E-state index contributed by atoms with van der Waals surface area (Å²) in [6.07, 6.45) is -3.50. The zero-order chi connectivity index (χ0) is 16.0. The van der Waals surface area contributed by atoms with Gasteiger partial charge in [0, 0.05) is 0 Å². The molecule has 0 unspecified atom stereocenters. The molecule has 0 N–H and O–H groups in total. The van der Waals surface area contributed by atoms with Crippen LogP contribution in [0.25, 0.3) is 0 Å². The molecule has 1 aromatic carbocycles. The fourth-order valence-corrected chi connectivity index (χ4v) is 1.66. The van der Waals surface area contributed by atoms with Gasteiger partial charge in [0.1, 0.15) is 6.07 Å². The second-order valence-electron chi connectivity index (χ2n) is 3.79. The summed E-state index contributed by atoms with van der Waals surface area (Å²) >= 11 is 0. The van der Waals surface area contributed by atoms with Crippen LogP contribution in [0, 0.1) is 11.3 Å². The third-order valence-corrected chi connectivity index (χ3v) is 2.47. The second kappa shape index (κ2) is 7.47. The fraction of sp³-hybridized carbons (Fsp3) is 0.385. The van der Waals surface area contributed by atoms with E-state index in [2.05, 4.69) is 9.47 Å². The molecule has 0 heterocycles. The Bertz CT molecular complexity index is 555. The number of halogens is 4. The molecule has 0 atom stereocenters. The van der Waals surface area contributed by atoms with Crippen molar-refractivity contribution < 1.29 is 31.8 Å². The van der Waals surface area contributed by atoms with E-state index in [1.54, 1.807) is 6.92 Å². The number of benzene rings is 1. The van der Waals surface area contributed by atoms with E-state index in [1.807, 2.05) is 0 Å². The standard InChI is InChI=1S/C13H11F4NO3/c1-2-20-10(19)5-7-3-4-8(12(14)15)11(9(7)6-18)21-13(16)17/h3-4,12-13H,2,5H2,1H3. The molecule has 0 radical (unpaired) electrons. The Hall–Kier alpha value is -2.30. The predicted octanol–water partition coefficient (Wildman–Crippen LogP) is 3.20. The van der Waals surface area contributed by atoms with Crippen molar-refractivity contribution in [2.24, 2.45) is 0 Å². The topological polar surface area (TPSA) is 59.3 Å². The number of hydrogen-bond acceptors (Lipinski definition) is 4. The first kappa shape index (κ1) is 16.8. The first-order valence-corrected chi connectivity index (χ1v) is 5.85. The van der Waals surface area contributed by atoms with Gasteiger partial charge in [-0.3, -0.25) is 4.79 Å². The Morgan fingerprint density at radius 3 is 2.48 bits per heavy atom. The smallest absolute Gasteiger partial charge is 0.387 e. The Morgan fingerprint density at radius 1 is 1.33 bits per heavy atom. The summed E-state index contributed by atoms with van der Waals surface area (Å²) in [7, 11) is 0. The molecule has 0 amide bonds. The maximum absolute atomic E-state index is 12.8. The number of nitrogens with zero attached hydrogens (tertiary/aromatic N) is 1. The van der Waals surface area contributed by atoms with Crippen LogP contribution in [0.2, 0.25) is 0 Å². The minimum absolute atomic E-state index is 0.0176. The molecular weight excluding hydrogens is 294 g/mol. The highest BCUT2D eigenvalue weighted by atomic mass is 19.3. The van der Waals surface area contributed by atoms with E-state index in [9.17, 15) is 22.4 Å². The molecule has 0 bridgehead atoms. The summed E-state index contributed by atoms with van der Waals surface area (Å²) in [5.41, 5.74) is -1.38. The van der Waals surface area contributed by atoms with Gasteiger partial charge in [-0.15, -0.1) is 0 Å². The summed E-state index contributed by atoms with van der Waals surface area (Å²) < 4.78 is 58.9. The van der Waals surface area contributed by atoms with Gasteiger partial charge in [-0.2, -0.15) is 14.0 Å². The average Bonchev–Trinajstić information content (AvgIpc) is 2.38. The number of nitriles is 1. The third-order valence-electron chi connectivity index (χ3n) is 2.47. The zero-order valence-electron chi connectivity index (χ0n) is 10.9. The molecule has 0 saturated heterocycles. The van der Waals surface area contributed by atoms with Gasteiger partial charge in [0.15, 0.2) is 5.75 Å². The van der Waals surface area contributed by atoms with E-state index in [0.717, 1.165) is 12.1 Å². The van der Waals surface area contributed by atoms with Crippen LogP contribution >= 0.6 is 0 Å². The second-order valence-corrected chi connectivity index (χ2v) is 3.79. The Balaban J connectivity index is 3.29. The lowest BCUT2D eigenvalue weighted by Crippen LogP contribution is -2.12. The van der Waals surface area contributed by atoms with Crippen LogP contribution in [0.3, 0.4) is 0 Å². The van der Waals surface area contributed by atoms with Crippen LogP contribution in [0.5, 0.6) is 5.75 Å². The summed E-state index contributed by atoms with van der Waals surface area (Å²) in [5.74, 6) is -1.62. The molecule has 0 aliphatic carbocycles. The van der Waals surface area contributed by atoms with Crippen LogP contribution < -0.4 is 4.74 Å². The number of esters is 1. The van der Waals surface area contributed by atoms with Crippen LogP contribution in [0.15, 0.2) is 12.1 Å². The number of ether oxygens (including phenoxy) is 2. The van der Waals surface area contributed by atoms with Crippen LogP contribution in [-0.4, -0.2) is 19.2 Å². The van der Waals surface area contributed by atoms with E-state index < -0.39 is 42.3 Å². The van der Waals surface area contributed by atoms with Crippen LogP contribution in [0.4, 0.5) is 17.6 Å². The Kier molecular flexibility index (Phi) is 5.96. The fourth-order valence-electron chi connectivity index (χ4n) is 1.66. The number of alkyl halides is 4. The van der Waals surface area contributed by atoms with Crippen molar-refractivity contribution in [1.29, 1.82) is 5.26 Å². The number of rotatable bonds is 6. The molecule has 1 rings (SSSR count). The zero-order valence-corrected chi connectivity index (χ0v) is 10.9. The van der Waals surface area contributed by atoms with Gasteiger partial charge in [0.2, 0.25) is 0 Å². The van der Waals surface area contributed by atoms with E-state index in [4.69, 9.17) is 5.26 Å². The molecule has 8 heteroatoms. The monoisotopic (exact) mass is 305 g/mol. The van der Waals surface area contributed by atoms with Crippen molar-refractivity contribution in [2.45, 2.75) is 26.4 Å². The highest BCUT2D eigenvalue weighted by Crippen LogP contribution is 2.35. The quantitative estimate of drug-likeness (QED) is 0.598. The average molecular weight is 305 g/mol. The molecule has 4 nitrogen and oxygen atoms in total. The van der Waals surface area contributed by atoms with Crippen LogP contribution in [0.1, 0.15) is 30.0 Å². The van der Waals surface area contributed by atoms with Crippen molar-refractivity contribution in [1.82, 2.24) is 0 Å². The number of carbonyl (C=O) groups is 1. The van der Waals surface area contributed by atoms with Gasteiger partial charge in [-0.05, 0) is 18.6 Å². The van der Waals surface area contributed by atoms with E-state index in [-0.39, 0.29) is 12.2 Å². The Labute approximate surface area is 117 Å². The lowest BCUT2D eigenvalue weighted by Gasteiger charge is -2.14. The third kappa shape index (κ3) is 4.34. The molecule has 21 heavy (non-hydrogen) atoms. The Morgan fingerprint density at radius 2 is 2.00 bits per heavy atom. The molecule has 1 aromatic rings. The van der Waals surface area contributed by atoms with E-state index in [0.29, 0.717) is 0 Å². The minimum Gasteiger partial charge on any atom is -0.466 e. The van der Waals surface area contributed by atoms with Crippen molar-refractivity contribution in [2.75, 3.05) is 6.61 Å². The summed E-state index contributed by atoms with van der Waals surface area (Å²) in [6.45, 7) is -1.71. The first-order chi connectivity index (χ1) is 9.90. The van der Waals surface area contributed by atoms with Gasteiger partial charge in [0.25, 0.3) is 6.43 Å². The number of hydrogen-bond donors (Lipinski definition) is 0. The normalized spacial score (nSPS) is 10.6. The van der Waals surface area contributed by atoms with Crippen molar-refractivity contribution in [3.05, 3.63) is 28.8 Å². The predicted molar refractivity (Wildman–Crippen MR) is 63.1 cm³/mol. The van der Waals surface area contributed by atoms with Crippen molar-refractivity contribution >= 4 is 5.97 Å².